The standard InChI is InChI=1S/C34H25F4N7O6/c1-50-22-10-8-19(21-9-7-18(51-21)15-41-32(47)24-25(35)27(37)30(42-43-39)28(38)26(24)36)29-23(22)20(16-40-29)31(46)34(49)45-13-11-44(12-14-45)33(48)17-5-3-2-4-6-17/h2-10,16,40H,11-15H2,1H3,(H,41,47). The van der Waals surface area contributed by atoms with Crippen molar-refractivity contribution in [2.24, 2.45) is 5.11 Å². The molecule has 5 aromatic rings. The number of carbonyl (C=O) groups is 4. The third kappa shape index (κ3) is 6.33. The van der Waals surface area contributed by atoms with Crippen molar-refractivity contribution < 1.29 is 45.9 Å². The van der Waals surface area contributed by atoms with Crippen LogP contribution in [-0.4, -0.2) is 71.6 Å². The number of ketones is 1. The van der Waals surface area contributed by atoms with E-state index in [0.717, 1.165) is 0 Å². The van der Waals surface area contributed by atoms with Crippen LogP contribution in [0.2, 0.25) is 0 Å². The molecule has 1 fully saturated rings. The van der Waals surface area contributed by atoms with Crippen LogP contribution in [0.15, 0.2) is 70.3 Å². The van der Waals surface area contributed by atoms with Gasteiger partial charge in [0.25, 0.3) is 23.5 Å². The van der Waals surface area contributed by atoms with E-state index >= 15 is 0 Å². The summed E-state index contributed by atoms with van der Waals surface area (Å²) < 4.78 is 68.5. The zero-order chi connectivity index (χ0) is 36.4. The molecule has 1 aliphatic heterocycles. The maximum absolute atomic E-state index is 14.4. The number of aromatic amines is 1. The van der Waals surface area contributed by atoms with Gasteiger partial charge >= 0.3 is 0 Å². The van der Waals surface area contributed by atoms with E-state index in [1.165, 1.54) is 30.3 Å². The molecule has 0 atom stereocenters. The molecule has 3 heterocycles. The van der Waals surface area contributed by atoms with Crippen molar-refractivity contribution in [1.82, 2.24) is 20.1 Å². The topological polar surface area (TPSA) is 174 Å². The Morgan fingerprint density at radius 3 is 2.24 bits per heavy atom. The number of H-pyrrole nitrogens is 1. The summed E-state index contributed by atoms with van der Waals surface area (Å²) in [5.74, 6) is -10.9. The maximum atomic E-state index is 14.4. The molecule has 0 saturated carbocycles. The zero-order valence-electron chi connectivity index (χ0n) is 26.5. The third-order valence-corrected chi connectivity index (χ3v) is 8.29. The van der Waals surface area contributed by atoms with E-state index in [0.29, 0.717) is 16.6 Å². The summed E-state index contributed by atoms with van der Waals surface area (Å²) in [7, 11) is 1.39. The Morgan fingerprint density at radius 1 is 0.922 bits per heavy atom. The lowest BCUT2D eigenvalue weighted by molar-refractivity contribution is -0.127. The van der Waals surface area contributed by atoms with E-state index in [4.69, 9.17) is 14.7 Å². The summed E-state index contributed by atoms with van der Waals surface area (Å²) in [6, 6.07) is 14.8. The molecule has 3 amide bonds. The second kappa shape index (κ2) is 14.1. The van der Waals surface area contributed by atoms with Gasteiger partial charge in [-0.2, -0.15) is 0 Å². The fourth-order valence-electron chi connectivity index (χ4n) is 5.73. The Hall–Kier alpha value is -6.61. The molecule has 51 heavy (non-hydrogen) atoms. The van der Waals surface area contributed by atoms with Gasteiger partial charge in [-0.25, -0.2) is 17.6 Å². The molecule has 0 aliphatic carbocycles. The van der Waals surface area contributed by atoms with E-state index in [9.17, 15) is 36.7 Å². The number of ether oxygens (including phenoxy) is 1. The van der Waals surface area contributed by atoms with Crippen LogP contribution in [0.3, 0.4) is 0 Å². The average Bonchev–Trinajstić information content (AvgIpc) is 3.82. The van der Waals surface area contributed by atoms with Gasteiger partial charge in [-0.05, 0) is 41.9 Å². The van der Waals surface area contributed by atoms with Gasteiger partial charge in [0, 0.05) is 48.4 Å². The molecule has 0 unspecified atom stereocenters. The van der Waals surface area contributed by atoms with Gasteiger partial charge in [0.2, 0.25) is 0 Å². The van der Waals surface area contributed by atoms with Crippen LogP contribution in [-0.2, 0) is 11.3 Å². The van der Waals surface area contributed by atoms with Gasteiger partial charge in [0.15, 0.2) is 23.3 Å². The number of hydrogen-bond acceptors (Lipinski definition) is 7. The Bertz CT molecular complexity index is 2230. The fourth-order valence-corrected chi connectivity index (χ4v) is 5.73. The summed E-state index contributed by atoms with van der Waals surface area (Å²) >= 11 is 0. The molecule has 0 spiro atoms. The number of piperazine rings is 1. The summed E-state index contributed by atoms with van der Waals surface area (Å²) in [6.45, 7) is 0.340. The highest BCUT2D eigenvalue weighted by molar-refractivity contribution is 6.45. The smallest absolute Gasteiger partial charge is 0.295 e. The van der Waals surface area contributed by atoms with E-state index in [-0.39, 0.29) is 60.3 Å². The normalized spacial score (nSPS) is 12.8. The van der Waals surface area contributed by atoms with Gasteiger partial charge in [-0.1, -0.05) is 23.3 Å². The number of halogens is 4. The first-order valence-corrected chi connectivity index (χ1v) is 15.2. The molecule has 2 aromatic heterocycles. The molecule has 6 rings (SSSR count). The molecule has 3 aromatic carbocycles. The Morgan fingerprint density at radius 2 is 1.59 bits per heavy atom. The van der Waals surface area contributed by atoms with Crippen LogP contribution in [0, 0.1) is 23.3 Å². The Balaban J connectivity index is 1.18. The number of rotatable bonds is 9. The zero-order valence-corrected chi connectivity index (χ0v) is 26.5. The second-order valence-electron chi connectivity index (χ2n) is 11.2. The Kier molecular flexibility index (Phi) is 9.46. The number of azide groups is 1. The van der Waals surface area contributed by atoms with E-state index < -0.39 is 58.7 Å². The summed E-state index contributed by atoms with van der Waals surface area (Å²) in [5, 5.41) is 4.99. The quantitative estimate of drug-likeness (QED) is 0.0361. The minimum Gasteiger partial charge on any atom is -0.496 e. The molecule has 0 bridgehead atoms. The van der Waals surface area contributed by atoms with Crippen LogP contribution < -0.4 is 10.1 Å². The summed E-state index contributed by atoms with van der Waals surface area (Å²) in [5.41, 5.74) is 6.61. The molecule has 1 saturated heterocycles. The van der Waals surface area contributed by atoms with Crippen LogP contribution in [0.25, 0.3) is 32.7 Å². The molecule has 0 radical (unpaired) electrons. The number of amides is 3. The first-order chi connectivity index (χ1) is 24.5. The van der Waals surface area contributed by atoms with E-state index in [1.54, 1.807) is 47.4 Å². The average molecular weight is 704 g/mol. The van der Waals surface area contributed by atoms with Crippen LogP contribution in [0.5, 0.6) is 5.75 Å². The van der Waals surface area contributed by atoms with Crippen molar-refractivity contribution in [1.29, 1.82) is 0 Å². The Labute approximate surface area is 285 Å². The number of hydrogen-bond donors (Lipinski definition) is 2. The van der Waals surface area contributed by atoms with E-state index in [2.05, 4.69) is 20.3 Å². The molecule has 1 aliphatic rings. The first-order valence-electron chi connectivity index (χ1n) is 15.2. The van der Waals surface area contributed by atoms with Gasteiger partial charge < -0.3 is 29.3 Å². The largest absolute Gasteiger partial charge is 0.496 e. The molecule has 17 heteroatoms. The first kappa shape index (κ1) is 34.3. The van der Waals surface area contributed by atoms with Gasteiger partial charge in [0.05, 0.1) is 30.1 Å². The molecular weight excluding hydrogens is 678 g/mol. The van der Waals surface area contributed by atoms with Crippen molar-refractivity contribution >= 4 is 40.1 Å². The second-order valence-corrected chi connectivity index (χ2v) is 11.2. The number of nitrogens with one attached hydrogen (secondary N) is 2. The summed E-state index contributed by atoms with van der Waals surface area (Å²) in [4.78, 5) is 60.4. The maximum Gasteiger partial charge on any atom is 0.295 e. The van der Waals surface area contributed by atoms with Crippen LogP contribution in [0.4, 0.5) is 23.2 Å². The third-order valence-electron chi connectivity index (χ3n) is 8.29. The van der Waals surface area contributed by atoms with Gasteiger partial charge in [0.1, 0.15) is 28.5 Å². The lowest BCUT2D eigenvalue weighted by atomic mass is 10.0. The van der Waals surface area contributed by atoms with Crippen molar-refractivity contribution in [3.63, 3.8) is 0 Å². The highest BCUT2D eigenvalue weighted by Gasteiger charge is 2.32. The number of fused-ring (bicyclic) bond motifs is 1. The highest BCUT2D eigenvalue weighted by atomic mass is 19.2. The summed E-state index contributed by atoms with van der Waals surface area (Å²) in [6.07, 6.45) is 1.37. The molecule has 2 N–H and O–H groups in total. The van der Waals surface area contributed by atoms with E-state index in [1.807, 2.05) is 0 Å². The number of carbonyl (C=O) groups excluding carboxylic acids is 4. The lowest BCUT2D eigenvalue weighted by Crippen LogP contribution is -2.52. The SMILES string of the molecule is COc1ccc(-c2ccc(CNC(=O)c3c(F)c(F)c(N=[N+]=[N-])c(F)c3F)o2)c2[nH]cc(C(=O)C(=O)N3CCN(C(=O)c4ccccc4)CC3)c12. The minimum absolute atomic E-state index is 0.0329. The predicted molar refractivity (Wildman–Crippen MR) is 172 cm³/mol. The monoisotopic (exact) mass is 703 g/mol. The number of benzene rings is 3. The lowest BCUT2D eigenvalue weighted by Gasteiger charge is -2.34. The van der Waals surface area contributed by atoms with Crippen molar-refractivity contribution in [3.05, 3.63) is 117 Å². The van der Waals surface area contributed by atoms with Crippen LogP contribution >= 0.6 is 0 Å². The van der Waals surface area contributed by atoms with Gasteiger partial charge in [-0.3, -0.25) is 19.2 Å². The predicted octanol–water partition coefficient (Wildman–Crippen LogP) is 6.03. The fraction of sp³-hybridized carbons (Fsp3) is 0.176. The van der Waals surface area contributed by atoms with Crippen LogP contribution in [0.1, 0.15) is 36.8 Å². The number of methoxy groups -OCH3 is 1. The van der Waals surface area contributed by atoms with Crippen molar-refractivity contribution in [2.45, 2.75) is 6.54 Å². The number of furan rings is 1. The molecular formula is C34H25F4N7O6. The number of Topliss-reactive ketones (excluding diaryl/α,β-unsaturated/α-hetero) is 1. The number of aromatic nitrogens is 1. The van der Waals surface area contributed by atoms with Gasteiger partial charge in [-0.15, -0.1) is 0 Å². The molecule has 260 valence electrons. The molecule has 13 nitrogen and oxygen atoms in total. The van der Waals surface area contributed by atoms with Crippen molar-refractivity contribution in [3.8, 4) is 17.1 Å². The van der Waals surface area contributed by atoms with Crippen molar-refractivity contribution in [2.75, 3.05) is 33.3 Å². The highest BCUT2D eigenvalue weighted by Crippen LogP contribution is 2.37. The minimum atomic E-state index is -2.05. The number of nitrogens with zero attached hydrogens (tertiary/aromatic N) is 5.